The summed E-state index contributed by atoms with van der Waals surface area (Å²) in [6.45, 7) is 0.151. The minimum absolute atomic E-state index is 0.00758. The molecule has 0 saturated carbocycles. The van der Waals surface area contributed by atoms with Gasteiger partial charge in [0.25, 0.3) is 10.0 Å². The lowest BCUT2D eigenvalue weighted by atomic mass is 10.1. The largest absolute Gasteiger partial charge is 0.465 e. The molecule has 0 amide bonds. The van der Waals surface area contributed by atoms with Crippen LogP contribution in [0.3, 0.4) is 0 Å². The molecule has 0 saturated heterocycles. The van der Waals surface area contributed by atoms with Crippen LogP contribution in [0.15, 0.2) is 58.4 Å². The topological polar surface area (TPSA) is 111 Å². The van der Waals surface area contributed by atoms with E-state index in [1.165, 1.54) is 13.2 Å². The Hall–Kier alpha value is -3.20. The van der Waals surface area contributed by atoms with Crippen LogP contribution in [0.25, 0.3) is 0 Å². The number of benzene rings is 2. The number of hydrogen-bond donors (Lipinski definition) is 1. The van der Waals surface area contributed by atoms with Crippen molar-refractivity contribution in [2.45, 2.75) is 17.9 Å². The van der Waals surface area contributed by atoms with Gasteiger partial charge in [-0.1, -0.05) is 24.3 Å². The van der Waals surface area contributed by atoms with Gasteiger partial charge in [0.2, 0.25) is 0 Å². The minimum atomic E-state index is -3.59. The second-order valence-electron chi connectivity index (χ2n) is 5.93. The Kier molecular flexibility index (Phi) is 5.74. The molecule has 2 aromatic carbocycles. The summed E-state index contributed by atoms with van der Waals surface area (Å²) in [5, 5.41) is 0. The molecule has 0 unspecified atom stereocenters. The summed E-state index contributed by atoms with van der Waals surface area (Å²) in [6, 6.07) is 13.0. The highest BCUT2D eigenvalue weighted by molar-refractivity contribution is 7.90. The summed E-state index contributed by atoms with van der Waals surface area (Å²) in [6.07, 6.45) is 0.00758. The average Bonchev–Trinajstić information content (AvgIpc) is 2.97. The molecule has 1 heterocycles. The number of ether oxygens (including phenoxy) is 2. The van der Waals surface area contributed by atoms with Gasteiger partial charge >= 0.3 is 11.9 Å². The molecule has 8 nitrogen and oxygen atoms in total. The first-order chi connectivity index (χ1) is 13.4. The number of hydrogen-bond acceptors (Lipinski definition) is 7. The number of amidine groups is 1. The maximum atomic E-state index is 12.0. The molecule has 0 aromatic heterocycles. The summed E-state index contributed by atoms with van der Waals surface area (Å²) in [5.74, 6) is -0.677. The number of sulfonamides is 1. The Morgan fingerprint density at radius 2 is 1.79 bits per heavy atom. The van der Waals surface area contributed by atoms with Crippen LogP contribution in [-0.2, 0) is 30.9 Å². The lowest BCUT2D eigenvalue weighted by Crippen LogP contribution is -2.22. The van der Waals surface area contributed by atoms with Crippen LogP contribution in [-0.4, -0.2) is 39.8 Å². The highest BCUT2D eigenvalue weighted by atomic mass is 32.2. The van der Waals surface area contributed by atoms with Crippen LogP contribution in [0.4, 0.5) is 0 Å². The van der Waals surface area contributed by atoms with Crippen molar-refractivity contribution in [1.29, 1.82) is 0 Å². The van der Waals surface area contributed by atoms with Crippen LogP contribution in [0.1, 0.15) is 27.9 Å². The van der Waals surface area contributed by atoms with Gasteiger partial charge in [-0.25, -0.2) is 13.2 Å². The second-order valence-corrected chi connectivity index (χ2v) is 7.58. The molecule has 0 spiro atoms. The van der Waals surface area contributed by atoms with Gasteiger partial charge < -0.3 is 9.47 Å². The van der Waals surface area contributed by atoms with Crippen molar-refractivity contribution in [1.82, 2.24) is 4.72 Å². The lowest BCUT2D eigenvalue weighted by molar-refractivity contribution is -0.144. The van der Waals surface area contributed by atoms with Crippen LogP contribution in [0.5, 0.6) is 0 Å². The molecule has 0 radical (unpaired) electrons. The Morgan fingerprint density at radius 1 is 1.07 bits per heavy atom. The maximum Gasteiger partial charge on any atom is 0.337 e. The van der Waals surface area contributed by atoms with Gasteiger partial charge in [-0.3, -0.25) is 14.5 Å². The molecule has 1 aliphatic rings. The summed E-state index contributed by atoms with van der Waals surface area (Å²) >= 11 is 0. The third-order valence-corrected chi connectivity index (χ3v) is 5.42. The number of carbonyl (C=O) groups excluding carboxylic acids is 2. The normalized spacial score (nSPS) is 15.5. The van der Waals surface area contributed by atoms with Crippen LogP contribution >= 0.6 is 0 Å². The fourth-order valence-corrected chi connectivity index (χ4v) is 3.85. The Balaban J connectivity index is 1.52. The first-order valence-electron chi connectivity index (χ1n) is 8.40. The predicted molar refractivity (Wildman–Crippen MR) is 100 cm³/mol. The third-order valence-electron chi connectivity index (χ3n) is 4.02. The van der Waals surface area contributed by atoms with Gasteiger partial charge in [0.05, 0.1) is 30.5 Å². The number of esters is 2. The Morgan fingerprint density at radius 3 is 2.50 bits per heavy atom. The van der Waals surface area contributed by atoms with E-state index in [2.05, 4.69) is 14.5 Å². The highest BCUT2D eigenvalue weighted by Crippen LogP contribution is 2.22. The standard InChI is InChI=1S/C19H18N2O6S/c1-26-19(23)14-8-6-13(7-9-14)12-27-17(22)10-11-20-18-15-4-2-3-5-16(15)28(24,25)21-18/h2-9H,10-12H2,1H3,(H,20,21). The molecule has 1 aliphatic heterocycles. The molecule has 28 heavy (non-hydrogen) atoms. The quantitative estimate of drug-likeness (QED) is 0.736. The van der Waals surface area contributed by atoms with E-state index in [0.717, 1.165) is 5.56 Å². The number of methoxy groups -OCH3 is 1. The third kappa shape index (κ3) is 4.37. The molecule has 0 atom stereocenters. The number of carbonyl (C=O) groups is 2. The zero-order valence-corrected chi connectivity index (χ0v) is 15.9. The molecule has 146 valence electrons. The van der Waals surface area contributed by atoms with E-state index in [1.54, 1.807) is 42.5 Å². The highest BCUT2D eigenvalue weighted by Gasteiger charge is 2.29. The second kappa shape index (κ2) is 8.22. The fourth-order valence-electron chi connectivity index (χ4n) is 2.60. The van der Waals surface area contributed by atoms with E-state index in [0.29, 0.717) is 11.1 Å². The minimum Gasteiger partial charge on any atom is -0.465 e. The zero-order valence-electron chi connectivity index (χ0n) is 15.0. The van der Waals surface area contributed by atoms with E-state index in [-0.39, 0.29) is 30.3 Å². The average molecular weight is 402 g/mol. The first-order valence-corrected chi connectivity index (χ1v) is 9.88. The van der Waals surface area contributed by atoms with Gasteiger partial charge in [0, 0.05) is 5.56 Å². The summed E-state index contributed by atoms with van der Waals surface area (Å²) < 4.78 is 36.1. The molecule has 0 bridgehead atoms. The monoisotopic (exact) mass is 402 g/mol. The van der Waals surface area contributed by atoms with Gasteiger partial charge in [0.15, 0.2) is 0 Å². The van der Waals surface area contributed by atoms with Crippen LogP contribution in [0.2, 0.25) is 0 Å². The van der Waals surface area contributed by atoms with Gasteiger partial charge in [-0.2, -0.15) is 0 Å². The Bertz CT molecular complexity index is 1030. The van der Waals surface area contributed by atoms with Crippen molar-refractivity contribution in [3.8, 4) is 0 Å². The summed E-state index contributed by atoms with van der Waals surface area (Å²) in [5.41, 5.74) is 1.62. The van der Waals surface area contributed by atoms with Crippen molar-refractivity contribution in [2.75, 3.05) is 13.7 Å². The van der Waals surface area contributed by atoms with E-state index >= 15 is 0 Å². The van der Waals surface area contributed by atoms with Crippen molar-refractivity contribution in [2.24, 2.45) is 4.99 Å². The van der Waals surface area contributed by atoms with Crippen molar-refractivity contribution in [3.63, 3.8) is 0 Å². The number of fused-ring (bicyclic) bond motifs is 1. The molecule has 0 aliphatic carbocycles. The summed E-state index contributed by atoms with van der Waals surface area (Å²) in [7, 11) is -2.29. The zero-order chi connectivity index (χ0) is 20.1. The van der Waals surface area contributed by atoms with Crippen molar-refractivity contribution >= 4 is 27.8 Å². The molecule has 0 fully saturated rings. The molecule has 2 aromatic rings. The Labute approximate surface area is 162 Å². The van der Waals surface area contributed by atoms with E-state index in [4.69, 9.17) is 4.74 Å². The molecule has 1 N–H and O–H groups in total. The predicted octanol–water partition coefficient (Wildman–Crippen LogP) is 1.65. The van der Waals surface area contributed by atoms with E-state index < -0.39 is 22.0 Å². The summed E-state index contributed by atoms with van der Waals surface area (Å²) in [4.78, 5) is 27.6. The molecule has 9 heteroatoms. The van der Waals surface area contributed by atoms with Gasteiger partial charge in [-0.05, 0) is 29.8 Å². The van der Waals surface area contributed by atoms with E-state index in [9.17, 15) is 18.0 Å². The number of aliphatic imine (C=N–C) groups is 1. The smallest absolute Gasteiger partial charge is 0.337 e. The fraction of sp³-hybridized carbons (Fsp3) is 0.211. The lowest BCUT2D eigenvalue weighted by Gasteiger charge is -2.05. The molecular weight excluding hydrogens is 384 g/mol. The van der Waals surface area contributed by atoms with Crippen LogP contribution < -0.4 is 4.72 Å². The number of nitrogens with one attached hydrogen (secondary N) is 1. The first kappa shape index (κ1) is 19.6. The molecule has 3 rings (SSSR count). The number of rotatable bonds is 6. The van der Waals surface area contributed by atoms with Crippen molar-refractivity contribution in [3.05, 3.63) is 65.2 Å². The van der Waals surface area contributed by atoms with Crippen LogP contribution in [0, 0.1) is 0 Å². The van der Waals surface area contributed by atoms with Crippen molar-refractivity contribution < 1.29 is 27.5 Å². The maximum absolute atomic E-state index is 12.0. The van der Waals surface area contributed by atoms with Gasteiger partial charge in [-0.15, -0.1) is 0 Å². The van der Waals surface area contributed by atoms with Gasteiger partial charge in [0.1, 0.15) is 12.4 Å². The van der Waals surface area contributed by atoms with E-state index in [1.807, 2.05) is 0 Å². The SMILES string of the molecule is COC(=O)c1ccc(COC(=O)CCN=C2NS(=O)(=O)c3ccccc32)cc1. The molecular formula is C19H18N2O6S. The number of nitrogens with zero attached hydrogens (tertiary/aromatic N) is 1.